The van der Waals surface area contributed by atoms with Crippen molar-refractivity contribution in [2.45, 2.75) is 32.0 Å². The summed E-state index contributed by atoms with van der Waals surface area (Å²) in [5.74, 6) is 2.47. The molecule has 2 aromatic carbocycles. The lowest BCUT2D eigenvalue weighted by Gasteiger charge is -2.43. The normalized spacial score (nSPS) is 20.2. The van der Waals surface area contributed by atoms with Gasteiger partial charge >= 0.3 is 0 Å². The monoisotopic (exact) mass is 338 g/mol. The molecular formula is C20H22N2O3. The second-order valence-corrected chi connectivity index (χ2v) is 6.76. The largest absolute Gasteiger partial charge is 0.497 e. The minimum absolute atomic E-state index is 0.168. The molecule has 0 aromatic heterocycles. The number of hydrazone groups is 1. The highest BCUT2D eigenvalue weighted by Gasteiger charge is 2.44. The highest BCUT2D eigenvalue weighted by atomic mass is 16.5. The van der Waals surface area contributed by atoms with Crippen LogP contribution in [-0.2, 0) is 0 Å². The molecule has 0 saturated heterocycles. The number of methoxy groups -OCH3 is 2. The van der Waals surface area contributed by atoms with Gasteiger partial charge in [-0.1, -0.05) is 18.2 Å². The maximum atomic E-state index is 6.18. The van der Waals surface area contributed by atoms with Gasteiger partial charge in [0.05, 0.1) is 26.0 Å². The fourth-order valence-corrected chi connectivity index (χ4v) is 3.61. The zero-order chi connectivity index (χ0) is 17.6. The minimum atomic E-state index is -0.500. The molecule has 130 valence electrons. The van der Waals surface area contributed by atoms with Crippen molar-refractivity contribution >= 4 is 5.71 Å². The zero-order valence-corrected chi connectivity index (χ0v) is 14.9. The summed E-state index contributed by atoms with van der Waals surface area (Å²) in [6.07, 6.45) is 0.812. The first kappa shape index (κ1) is 15.8. The van der Waals surface area contributed by atoms with Gasteiger partial charge < -0.3 is 14.2 Å². The van der Waals surface area contributed by atoms with Gasteiger partial charge in [-0.3, -0.25) is 0 Å². The van der Waals surface area contributed by atoms with E-state index in [1.165, 1.54) is 5.56 Å². The first-order valence-electron chi connectivity index (χ1n) is 8.40. The van der Waals surface area contributed by atoms with Crippen molar-refractivity contribution in [3.05, 3.63) is 53.6 Å². The summed E-state index contributed by atoms with van der Waals surface area (Å²) in [7, 11) is 3.32. The Hall–Kier alpha value is -2.69. The van der Waals surface area contributed by atoms with Crippen LogP contribution < -0.4 is 14.2 Å². The molecule has 0 N–H and O–H groups in total. The number of nitrogens with zero attached hydrogens (tertiary/aromatic N) is 2. The SMILES string of the molecule is COc1ccc(C2=NN3C(C2)c2ccccc2OC3(C)C)c(OC)c1. The van der Waals surface area contributed by atoms with Crippen molar-refractivity contribution in [3.63, 3.8) is 0 Å². The van der Waals surface area contributed by atoms with Crippen LogP contribution in [0, 0.1) is 0 Å². The van der Waals surface area contributed by atoms with Crippen molar-refractivity contribution in [2.75, 3.05) is 14.2 Å². The van der Waals surface area contributed by atoms with Crippen LogP contribution in [0.15, 0.2) is 47.6 Å². The molecule has 2 aromatic rings. The molecule has 2 heterocycles. The van der Waals surface area contributed by atoms with Gasteiger partial charge in [0.25, 0.3) is 0 Å². The van der Waals surface area contributed by atoms with Gasteiger partial charge in [0.1, 0.15) is 17.2 Å². The Morgan fingerprint density at radius 2 is 1.92 bits per heavy atom. The zero-order valence-electron chi connectivity index (χ0n) is 14.9. The fraction of sp³-hybridized carbons (Fsp3) is 0.350. The molecule has 0 spiro atoms. The lowest BCUT2D eigenvalue weighted by Crippen LogP contribution is -2.48. The van der Waals surface area contributed by atoms with Crippen LogP contribution in [0.5, 0.6) is 17.2 Å². The van der Waals surface area contributed by atoms with Gasteiger partial charge in [-0.25, -0.2) is 5.01 Å². The maximum Gasteiger partial charge on any atom is 0.192 e. The molecule has 0 fully saturated rings. The van der Waals surface area contributed by atoms with Crippen LogP contribution in [0.4, 0.5) is 0 Å². The molecule has 5 heteroatoms. The number of benzene rings is 2. The summed E-state index contributed by atoms with van der Waals surface area (Å²) in [6, 6.07) is 14.2. The summed E-state index contributed by atoms with van der Waals surface area (Å²) < 4.78 is 17.0. The van der Waals surface area contributed by atoms with Gasteiger partial charge in [-0.2, -0.15) is 5.10 Å². The standard InChI is InChI=1S/C20H22N2O3/c1-20(2)22-17(15-7-5-6-8-18(15)25-20)12-16(21-22)14-10-9-13(23-3)11-19(14)24-4/h5-11,17H,12H2,1-4H3. The van der Waals surface area contributed by atoms with E-state index < -0.39 is 5.72 Å². The summed E-state index contributed by atoms with van der Waals surface area (Å²) in [6.45, 7) is 4.10. The Balaban J connectivity index is 1.76. The van der Waals surface area contributed by atoms with E-state index in [1.54, 1.807) is 14.2 Å². The van der Waals surface area contributed by atoms with Crippen LogP contribution >= 0.6 is 0 Å². The Kier molecular flexibility index (Phi) is 3.60. The van der Waals surface area contributed by atoms with Crippen LogP contribution in [0.25, 0.3) is 0 Å². The van der Waals surface area contributed by atoms with Crippen LogP contribution in [0.1, 0.15) is 37.4 Å². The molecule has 0 bridgehead atoms. The number of rotatable bonds is 3. The van der Waals surface area contributed by atoms with Crippen molar-refractivity contribution < 1.29 is 14.2 Å². The molecule has 25 heavy (non-hydrogen) atoms. The molecule has 0 aliphatic carbocycles. The number of para-hydroxylation sites is 1. The van der Waals surface area contributed by atoms with Crippen LogP contribution in [-0.4, -0.2) is 30.7 Å². The molecule has 2 aliphatic heterocycles. The topological polar surface area (TPSA) is 43.3 Å². The Morgan fingerprint density at radius 1 is 1.12 bits per heavy atom. The lowest BCUT2D eigenvalue weighted by atomic mass is 9.95. The Morgan fingerprint density at radius 3 is 2.68 bits per heavy atom. The van der Waals surface area contributed by atoms with E-state index >= 15 is 0 Å². The van der Waals surface area contributed by atoms with E-state index in [0.29, 0.717) is 0 Å². The summed E-state index contributed by atoms with van der Waals surface area (Å²) in [4.78, 5) is 0. The van der Waals surface area contributed by atoms with Gasteiger partial charge in [0.2, 0.25) is 0 Å². The van der Waals surface area contributed by atoms with Crippen molar-refractivity contribution in [3.8, 4) is 17.2 Å². The molecule has 1 atom stereocenters. The second-order valence-electron chi connectivity index (χ2n) is 6.76. The van der Waals surface area contributed by atoms with Gasteiger partial charge in [0, 0.05) is 23.6 Å². The third kappa shape index (κ3) is 2.51. The van der Waals surface area contributed by atoms with Gasteiger partial charge in [-0.15, -0.1) is 0 Å². The quantitative estimate of drug-likeness (QED) is 0.849. The highest BCUT2D eigenvalue weighted by molar-refractivity contribution is 6.04. The van der Waals surface area contributed by atoms with Gasteiger partial charge in [-0.05, 0) is 32.0 Å². The number of ether oxygens (including phenoxy) is 3. The van der Waals surface area contributed by atoms with Crippen molar-refractivity contribution in [1.29, 1.82) is 0 Å². The molecule has 0 saturated carbocycles. The van der Waals surface area contributed by atoms with E-state index in [0.717, 1.165) is 34.9 Å². The minimum Gasteiger partial charge on any atom is -0.497 e. The molecule has 0 amide bonds. The van der Waals surface area contributed by atoms with Gasteiger partial charge in [0.15, 0.2) is 5.72 Å². The first-order valence-corrected chi connectivity index (χ1v) is 8.40. The average Bonchev–Trinajstić information content (AvgIpc) is 3.07. The molecule has 4 rings (SSSR count). The third-order valence-electron chi connectivity index (χ3n) is 4.82. The molecule has 2 aliphatic rings. The molecule has 5 nitrogen and oxygen atoms in total. The molecule has 1 unspecified atom stereocenters. The average molecular weight is 338 g/mol. The van der Waals surface area contributed by atoms with E-state index in [-0.39, 0.29) is 6.04 Å². The smallest absolute Gasteiger partial charge is 0.192 e. The predicted octanol–water partition coefficient (Wildman–Crippen LogP) is 3.98. The summed E-state index contributed by atoms with van der Waals surface area (Å²) in [5, 5.41) is 6.96. The highest BCUT2D eigenvalue weighted by Crippen LogP contribution is 2.47. The van der Waals surface area contributed by atoms with E-state index in [9.17, 15) is 0 Å². The van der Waals surface area contributed by atoms with Crippen LogP contribution in [0.3, 0.4) is 0 Å². The van der Waals surface area contributed by atoms with Crippen LogP contribution in [0.2, 0.25) is 0 Å². The summed E-state index contributed by atoms with van der Waals surface area (Å²) >= 11 is 0. The Bertz CT molecular complexity index is 845. The fourth-order valence-electron chi connectivity index (χ4n) is 3.61. The first-order chi connectivity index (χ1) is 12.0. The number of hydrogen-bond donors (Lipinski definition) is 0. The van der Waals surface area contributed by atoms with E-state index in [2.05, 4.69) is 11.1 Å². The maximum absolute atomic E-state index is 6.18. The van der Waals surface area contributed by atoms with E-state index in [1.807, 2.05) is 50.2 Å². The summed E-state index contributed by atoms with van der Waals surface area (Å²) in [5.41, 5.74) is 2.66. The lowest BCUT2D eigenvalue weighted by molar-refractivity contribution is -0.0911. The second kappa shape index (κ2) is 5.69. The Labute approximate surface area is 147 Å². The van der Waals surface area contributed by atoms with Crippen molar-refractivity contribution in [2.24, 2.45) is 5.10 Å². The number of hydrogen-bond acceptors (Lipinski definition) is 5. The third-order valence-corrected chi connectivity index (χ3v) is 4.82. The molecule has 0 radical (unpaired) electrons. The number of fused-ring (bicyclic) bond motifs is 3. The van der Waals surface area contributed by atoms with Crippen molar-refractivity contribution in [1.82, 2.24) is 5.01 Å². The predicted molar refractivity (Wildman–Crippen MR) is 96.4 cm³/mol. The molecular weight excluding hydrogens is 316 g/mol. The van der Waals surface area contributed by atoms with E-state index in [4.69, 9.17) is 19.3 Å².